The van der Waals surface area contributed by atoms with Crippen LogP contribution in [0.15, 0.2) is 54.6 Å². The van der Waals surface area contributed by atoms with Gasteiger partial charge in [0.2, 0.25) is 0 Å². The van der Waals surface area contributed by atoms with E-state index in [9.17, 15) is 0 Å². The van der Waals surface area contributed by atoms with E-state index in [1.807, 2.05) is 54.6 Å². The van der Waals surface area contributed by atoms with E-state index in [4.69, 9.17) is 0 Å². The van der Waals surface area contributed by atoms with Gasteiger partial charge in [0, 0.05) is 19.5 Å². The minimum Gasteiger partial charge on any atom is -0.214 e. The van der Waals surface area contributed by atoms with Crippen molar-refractivity contribution < 1.29 is 36.5 Å². The fourth-order valence-corrected chi connectivity index (χ4v) is 0.932. The zero-order valence-electron chi connectivity index (χ0n) is 6.98. The summed E-state index contributed by atoms with van der Waals surface area (Å²) in [4.78, 5) is 0. The summed E-state index contributed by atoms with van der Waals surface area (Å²) in [5.41, 5.74) is 0. The predicted molar refractivity (Wildman–Crippen MR) is 53.4 cm³/mol. The molecule has 0 fully saturated rings. The molecule has 0 nitrogen and oxygen atoms in total. The standard InChI is InChI=1S/C5H6P.C5H5.Fe.Ru/c6-5-3-1-2-4-5;1-2-4-5-3-1;;/h1-4H,6H2;1-5H;;/q2*-1;+2;. The maximum Gasteiger partial charge on any atom is 2.00 e. The Morgan fingerprint density at radius 3 is 1.77 bits per heavy atom. The molecule has 2 aromatic carbocycles. The van der Waals surface area contributed by atoms with Gasteiger partial charge in [-0.15, -0.1) is 14.5 Å². The third-order valence-electron chi connectivity index (χ3n) is 1.24. The van der Waals surface area contributed by atoms with Crippen molar-refractivity contribution in [3.8, 4) is 0 Å². The zero-order valence-corrected chi connectivity index (χ0v) is 11.0. The van der Waals surface area contributed by atoms with Gasteiger partial charge in [0.25, 0.3) is 0 Å². The molecule has 3 heteroatoms. The summed E-state index contributed by atoms with van der Waals surface area (Å²) >= 11 is 0. The second-order valence-electron chi connectivity index (χ2n) is 2.18. The first-order valence-electron chi connectivity index (χ1n) is 3.53. The normalized spacial score (nSPS) is 7.15. The molecule has 0 radical (unpaired) electrons. The summed E-state index contributed by atoms with van der Waals surface area (Å²) in [6, 6.07) is 18.1. The van der Waals surface area contributed by atoms with Gasteiger partial charge in [0.05, 0.1) is 0 Å². The van der Waals surface area contributed by atoms with Crippen LogP contribution in [0.2, 0.25) is 0 Å². The van der Waals surface area contributed by atoms with Gasteiger partial charge in [-0.1, -0.05) is 0 Å². The summed E-state index contributed by atoms with van der Waals surface area (Å²) in [6.45, 7) is 0. The van der Waals surface area contributed by atoms with E-state index in [0.29, 0.717) is 0 Å². The average molecular weight is 319 g/mol. The van der Waals surface area contributed by atoms with Gasteiger partial charge in [0.1, 0.15) is 0 Å². The van der Waals surface area contributed by atoms with Crippen LogP contribution in [0.5, 0.6) is 0 Å². The van der Waals surface area contributed by atoms with Crippen LogP contribution in [0.1, 0.15) is 0 Å². The summed E-state index contributed by atoms with van der Waals surface area (Å²) in [6.07, 6.45) is 0. The van der Waals surface area contributed by atoms with E-state index in [-0.39, 0.29) is 36.5 Å². The molecule has 13 heavy (non-hydrogen) atoms. The van der Waals surface area contributed by atoms with Crippen molar-refractivity contribution in [2.45, 2.75) is 0 Å². The number of rotatable bonds is 0. The smallest absolute Gasteiger partial charge is 0.214 e. The molecule has 0 heterocycles. The Bertz CT molecular complexity index is 233. The maximum absolute atomic E-state index is 2.62. The molecule has 0 N–H and O–H groups in total. The second kappa shape index (κ2) is 10.4. The summed E-state index contributed by atoms with van der Waals surface area (Å²) < 4.78 is 0. The summed E-state index contributed by atoms with van der Waals surface area (Å²) in [7, 11) is 2.62. The summed E-state index contributed by atoms with van der Waals surface area (Å²) in [5.74, 6) is 0. The van der Waals surface area contributed by atoms with Gasteiger partial charge in [-0.25, -0.2) is 24.3 Å². The fraction of sp³-hybridized carbons (Fsp3) is 0. The van der Waals surface area contributed by atoms with E-state index < -0.39 is 0 Å². The first-order valence-corrected chi connectivity index (χ1v) is 4.11. The molecule has 2 rings (SSSR count). The first kappa shape index (κ1) is 15.7. The molecular formula is C10H11FePRu. The molecule has 0 saturated carbocycles. The van der Waals surface area contributed by atoms with Crippen LogP contribution in [0.3, 0.4) is 0 Å². The minimum atomic E-state index is 0. The molecule has 0 spiro atoms. The van der Waals surface area contributed by atoms with Gasteiger partial charge in [-0.3, -0.25) is 0 Å². The van der Waals surface area contributed by atoms with Crippen LogP contribution in [-0.2, 0) is 36.5 Å². The van der Waals surface area contributed by atoms with Crippen molar-refractivity contribution in [3.63, 3.8) is 0 Å². The van der Waals surface area contributed by atoms with Crippen molar-refractivity contribution in [1.82, 2.24) is 0 Å². The molecule has 0 aliphatic carbocycles. The van der Waals surface area contributed by atoms with Crippen LogP contribution >= 0.6 is 9.24 Å². The third kappa shape index (κ3) is 8.60. The number of hydrogen-bond acceptors (Lipinski definition) is 0. The first-order chi connectivity index (χ1) is 5.39. The third-order valence-corrected chi connectivity index (χ3v) is 1.63. The van der Waals surface area contributed by atoms with E-state index in [2.05, 4.69) is 9.24 Å². The summed E-state index contributed by atoms with van der Waals surface area (Å²) in [5, 5.41) is 1.26. The molecule has 0 aliphatic rings. The second-order valence-corrected chi connectivity index (χ2v) is 2.85. The van der Waals surface area contributed by atoms with Crippen LogP contribution in [0.4, 0.5) is 0 Å². The minimum absolute atomic E-state index is 0. The molecule has 0 amide bonds. The Labute approximate surface area is 105 Å². The quantitative estimate of drug-likeness (QED) is 0.397. The van der Waals surface area contributed by atoms with E-state index in [1.54, 1.807) is 0 Å². The van der Waals surface area contributed by atoms with Crippen LogP contribution in [0.25, 0.3) is 0 Å². The van der Waals surface area contributed by atoms with Gasteiger partial charge >= 0.3 is 17.1 Å². The van der Waals surface area contributed by atoms with Gasteiger partial charge < -0.3 is 0 Å². The van der Waals surface area contributed by atoms with E-state index in [1.165, 1.54) is 5.30 Å². The van der Waals surface area contributed by atoms with Crippen molar-refractivity contribution in [3.05, 3.63) is 54.6 Å². The number of hydrogen-bond donors (Lipinski definition) is 0. The molecular weight excluding hydrogens is 308 g/mol. The molecule has 72 valence electrons. The average Bonchev–Trinajstić information content (AvgIpc) is 2.57. The van der Waals surface area contributed by atoms with Crippen molar-refractivity contribution in [2.24, 2.45) is 0 Å². The monoisotopic (exact) mass is 320 g/mol. The Balaban J connectivity index is 0. The Morgan fingerprint density at radius 2 is 1.62 bits per heavy atom. The predicted octanol–water partition coefficient (Wildman–Crippen LogP) is 2.31. The van der Waals surface area contributed by atoms with Gasteiger partial charge in [-0.2, -0.15) is 30.3 Å². The van der Waals surface area contributed by atoms with E-state index >= 15 is 0 Å². The molecule has 1 unspecified atom stereocenters. The molecule has 0 saturated heterocycles. The maximum atomic E-state index is 2.62. The van der Waals surface area contributed by atoms with Crippen molar-refractivity contribution in [2.75, 3.05) is 0 Å². The van der Waals surface area contributed by atoms with E-state index in [0.717, 1.165) is 0 Å². The molecule has 0 bridgehead atoms. The van der Waals surface area contributed by atoms with Gasteiger partial charge in [0.15, 0.2) is 0 Å². The molecule has 0 aromatic heterocycles. The SMILES string of the molecule is Pc1ccc[cH-]1.[Fe+2].[Ru].c1cc[cH-]c1. The zero-order chi connectivity index (χ0) is 7.94. The Morgan fingerprint density at radius 1 is 1.00 bits per heavy atom. The van der Waals surface area contributed by atoms with Crippen LogP contribution in [0, 0.1) is 0 Å². The van der Waals surface area contributed by atoms with Gasteiger partial charge in [-0.05, 0) is 0 Å². The molecule has 2 aromatic rings. The molecule has 0 aliphatic heterocycles. The Kier molecular flexibility index (Phi) is 12.5. The largest absolute Gasteiger partial charge is 2.00 e. The Hall–Kier alpha value is 0.273. The molecule has 1 atom stereocenters. The van der Waals surface area contributed by atoms with Crippen molar-refractivity contribution in [1.29, 1.82) is 0 Å². The topological polar surface area (TPSA) is 0 Å². The van der Waals surface area contributed by atoms with Crippen molar-refractivity contribution >= 4 is 14.5 Å². The fourth-order valence-electron chi connectivity index (χ4n) is 0.710. The van der Waals surface area contributed by atoms with Crippen LogP contribution in [-0.4, -0.2) is 0 Å². The van der Waals surface area contributed by atoms with Crippen LogP contribution < -0.4 is 5.30 Å².